The van der Waals surface area contributed by atoms with Crippen molar-refractivity contribution in [2.24, 2.45) is 0 Å². The van der Waals surface area contributed by atoms with E-state index < -0.39 is 0 Å². The third kappa shape index (κ3) is 6.71. The maximum absolute atomic E-state index is 11.5. The fourth-order valence-corrected chi connectivity index (χ4v) is 1.42. The molecule has 0 aromatic heterocycles. The zero-order valence-electron chi connectivity index (χ0n) is 10.2. The number of carbonyl (C=O) groups excluding carboxylic acids is 1. The monoisotopic (exact) mass is 236 g/mol. The van der Waals surface area contributed by atoms with Crippen molar-refractivity contribution in [1.82, 2.24) is 5.32 Å². The highest BCUT2D eigenvalue weighted by molar-refractivity contribution is 5.92. The van der Waals surface area contributed by atoms with Crippen molar-refractivity contribution in [3.8, 4) is 0 Å². The van der Waals surface area contributed by atoms with Gasteiger partial charge in [-0.2, -0.15) is 0 Å². The van der Waals surface area contributed by atoms with Gasteiger partial charge in [0.1, 0.15) is 0 Å². The minimum Gasteiger partial charge on any atom is -0.385 e. The van der Waals surface area contributed by atoms with Crippen LogP contribution in [0.25, 0.3) is 0 Å². The van der Waals surface area contributed by atoms with Crippen LogP contribution in [0.1, 0.15) is 12.8 Å². The number of anilines is 1. The molecule has 1 rings (SSSR count). The number of amides is 1. The van der Waals surface area contributed by atoms with Gasteiger partial charge in [0.15, 0.2) is 0 Å². The Balaban J connectivity index is 2.06. The van der Waals surface area contributed by atoms with Gasteiger partial charge in [-0.25, -0.2) is 0 Å². The summed E-state index contributed by atoms with van der Waals surface area (Å²) in [5.74, 6) is -0.0112. The molecule has 0 bridgehead atoms. The van der Waals surface area contributed by atoms with Crippen LogP contribution in [0.2, 0.25) is 0 Å². The largest absolute Gasteiger partial charge is 0.385 e. The Morgan fingerprint density at radius 1 is 1.24 bits per heavy atom. The number of carbonyl (C=O) groups is 1. The summed E-state index contributed by atoms with van der Waals surface area (Å²) >= 11 is 0. The van der Waals surface area contributed by atoms with E-state index in [1.165, 1.54) is 0 Å². The Labute approximate surface area is 102 Å². The summed E-state index contributed by atoms with van der Waals surface area (Å²) in [6, 6.07) is 9.46. The molecule has 0 fully saturated rings. The molecule has 0 heterocycles. The van der Waals surface area contributed by atoms with Gasteiger partial charge in [-0.3, -0.25) is 4.79 Å². The van der Waals surface area contributed by atoms with Crippen molar-refractivity contribution >= 4 is 11.6 Å². The summed E-state index contributed by atoms with van der Waals surface area (Å²) in [6.07, 6.45) is 2.04. The van der Waals surface area contributed by atoms with E-state index in [0.717, 1.165) is 31.7 Å². The summed E-state index contributed by atoms with van der Waals surface area (Å²) < 4.78 is 4.94. The molecule has 1 aromatic carbocycles. The topological polar surface area (TPSA) is 50.4 Å². The van der Waals surface area contributed by atoms with E-state index in [4.69, 9.17) is 4.74 Å². The number of hydrogen-bond acceptors (Lipinski definition) is 3. The second-order valence-electron chi connectivity index (χ2n) is 3.79. The predicted molar refractivity (Wildman–Crippen MR) is 69.1 cm³/mol. The van der Waals surface area contributed by atoms with Gasteiger partial charge in [-0.05, 0) is 31.5 Å². The van der Waals surface area contributed by atoms with Crippen molar-refractivity contribution in [1.29, 1.82) is 0 Å². The van der Waals surface area contributed by atoms with Crippen LogP contribution in [-0.4, -0.2) is 32.7 Å². The highest BCUT2D eigenvalue weighted by Crippen LogP contribution is 2.03. The van der Waals surface area contributed by atoms with E-state index in [1.54, 1.807) is 7.11 Å². The number of benzene rings is 1. The van der Waals surface area contributed by atoms with Crippen LogP contribution in [-0.2, 0) is 9.53 Å². The van der Waals surface area contributed by atoms with Crippen LogP contribution in [0.3, 0.4) is 0 Å². The second-order valence-corrected chi connectivity index (χ2v) is 3.79. The van der Waals surface area contributed by atoms with Gasteiger partial charge >= 0.3 is 0 Å². The first-order chi connectivity index (χ1) is 8.33. The van der Waals surface area contributed by atoms with Gasteiger partial charge in [0.2, 0.25) is 5.91 Å². The van der Waals surface area contributed by atoms with Crippen molar-refractivity contribution < 1.29 is 9.53 Å². The maximum atomic E-state index is 11.5. The molecule has 94 valence electrons. The summed E-state index contributed by atoms with van der Waals surface area (Å²) in [7, 11) is 1.70. The van der Waals surface area contributed by atoms with Crippen LogP contribution in [0, 0.1) is 0 Å². The Kier molecular flexibility index (Phi) is 7.02. The molecule has 0 unspecified atom stereocenters. The molecule has 1 aromatic rings. The number of rotatable bonds is 8. The maximum Gasteiger partial charge on any atom is 0.238 e. The van der Waals surface area contributed by atoms with Crippen molar-refractivity contribution in [2.75, 3.05) is 32.1 Å². The first-order valence-corrected chi connectivity index (χ1v) is 5.87. The molecule has 0 saturated carbocycles. The molecule has 0 saturated heterocycles. The minimum atomic E-state index is -0.0112. The van der Waals surface area contributed by atoms with Gasteiger partial charge in [-0.15, -0.1) is 0 Å². The van der Waals surface area contributed by atoms with Crippen LogP contribution in [0.5, 0.6) is 0 Å². The Bertz CT molecular complexity index is 314. The number of hydrogen-bond donors (Lipinski definition) is 2. The average Bonchev–Trinajstić information content (AvgIpc) is 2.35. The summed E-state index contributed by atoms with van der Waals surface area (Å²) in [5.41, 5.74) is 0.832. The molecule has 0 atom stereocenters. The predicted octanol–water partition coefficient (Wildman–Crippen LogP) is 1.64. The van der Waals surface area contributed by atoms with Gasteiger partial charge in [0.25, 0.3) is 0 Å². The third-order valence-electron chi connectivity index (χ3n) is 2.30. The Morgan fingerprint density at radius 2 is 2.00 bits per heavy atom. The minimum absolute atomic E-state index is 0.0112. The lowest BCUT2D eigenvalue weighted by Gasteiger charge is -2.06. The van der Waals surface area contributed by atoms with Crippen LogP contribution in [0.15, 0.2) is 30.3 Å². The van der Waals surface area contributed by atoms with E-state index in [2.05, 4.69) is 10.6 Å². The molecule has 0 spiro atoms. The lowest BCUT2D eigenvalue weighted by atomic mass is 10.3. The van der Waals surface area contributed by atoms with Crippen molar-refractivity contribution in [2.45, 2.75) is 12.8 Å². The molecule has 0 aliphatic carbocycles. The Morgan fingerprint density at radius 3 is 2.71 bits per heavy atom. The number of nitrogens with one attached hydrogen (secondary N) is 2. The molecule has 4 heteroatoms. The summed E-state index contributed by atoms with van der Waals surface area (Å²) in [5, 5.41) is 5.91. The van der Waals surface area contributed by atoms with Crippen LogP contribution >= 0.6 is 0 Å². The van der Waals surface area contributed by atoms with E-state index >= 15 is 0 Å². The summed E-state index contributed by atoms with van der Waals surface area (Å²) in [4.78, 5) is 11.5. The van der Waals surface area contributed by atoms with E-state index in [9.17, 15) is 4.79 Å². The number of methoxy groups -OCH3 is 1. The SMILES string of the molecule is COCCCCNCC(=O)Nc1ccccc1. The second kappa shape index (κ2) is 8.73. The molecular formula is C13H20N2O2. The normalized spacial score (nSPS) is 10.2. The van der Waals surface area contributed by atoms with Gasteiger partial charge in [0.05, 0.1) is 6.54 Å². The first-order valence-electron chi connectivity index (χ1n) is 5.87. The molecule has 1 amide bonds. The van der Waals surface area contributed by atoms with E-state index in [1.807, 2.05) is 30.3 Å². The van der Waals surface area contributed by atoms with Crippen molar-refractivity contribution in [3.63, 3.8) is 0 Å². The lowest BCUT2D eigenvalue weighted by Crippen LogP contribution is -2.28. The number of ether oxygens (including phenoxy) is 1. The fraction of sp³-hybridized carbons (Fsp3) is 0.462. The first kappa shape index (κ1) is 13.7. The molecule has 4 nitrogen and oxygen atoms in total. The molecule has 0 aliphatic heterocycles. The van der Waals surface area contributed by atoms with Gasteiger partial charge in [-0.1, -0.05) is 18.2 Å². The highest BCUT2D eigenvalue weighted by atomic mass is 16.5. The zero-order chi connectivity index (χ0) is 12.3. The standard InChI is InChI=1S/C13H20N2O2/c1-17-10-6-5-9-14-11-13(16)15-12-7-3-2-4-8-12/h2-4,7-8,14H,5-6,9-11H2,1H3,(H,15,16). The lowest BCUT2D eigenvalue weighted by molar-refractivity contribution is -0.115. The number of para-hydroxylation sites is 1. The molecule has 0 radical (unpaired) electrons. The van der Waals surface area contributed by atoms with Gasteiger partial charge < -0.3 is 15.4 Å². The highest BCUT2D eigenvalue weighted by Gasteiger charge is 2.00. The Hall–Kier alpha value is -1.39. The smallest absolute Gasteiger partial charge is 0.238 e. The molecule has 0 aliphatic rings. The molecule has 17 heavy (non-hydrogen) atoms. The van der Waals surface area contributed by atoms with E-state index in [-0.39, 0.29) is 5.91 Å². The van der Waals surface area contributed by atoms with Gasteiger partial charge in [0, 0.05) is 19.4 Å². The number of unbranched alkanes of at least 4 members (excludes halogenated alkanes) is 1. The quantitative estimate of drug-likeness (QED) is 0.675. The molecule has 2 N–H and O–H groups in total. The fourth-order valence-electron chi connectivity index (χ4n) is 1.42. The molecular weight excluding hydrogens is 216 g/mol. The van der Waals surface area contributed by atoms with Crippen LogP contribution < -0.4 is 10.6 Å². The summed E-state index contributed by atoms with van der Waals surface area (Å²) in [6.45, 7) is 1.96. The zero-order valence-corrected chi connectivity index (χ0v) is 10.2. The van der Waals surface area contributed by atoms with Crippen molar-refractivity contribution in [3.05, 3.63) is 30.3 Å². The van der Waals surface area contributed by atoms with E-state index in [0.29, 0.717) is 6.54 Å². The third-order valence-corrected chi connectivity index (χ3v) is 2.30. The van der Waals surface area contributed by atoms with Crippen LogP contribution in [0.4, 0.5) is 5.69 Å². The average molecular weight is 236 g/mol.